The first-order valence-electron chi connectivity index (χ1n) is 9.87. The normalized spacial score (nSPS) is 17.1. The van der Waals surface area contributed by atoms with Gasteiger partial charge < -0.3 is 4.90 Å². The summed E-state index contributed by atoms with van der Waals surface area (Å²) in [6.07, 6.45) is 1.97. The SMILES string of the molecule is Brc1ccccc1/C=N\N1CC[NH+](C2c3ccccc3-c3ccccc32)CC1. The van der Waals surface area contributed by atoms with Gasteiger partial charge in [-0.3, -0.25) is 5.01 Å². The van der Waals surface area contributed by atoms with Crippen molar-refractivity contribution in [2.45, 2.75) is 6.04 Å². The molecule has 28 heavy (non-hydrogen) atoms. The zero-order chi connectivity index (χ0) is 18.9. The first-order chi connectivity index (χ1) is 13.8. The third-order valence-corrected chi connectivity index (χ3v) is 6.61. The maximum atomic E-state index is 4.73. The molecule has 1 fully saturated rings. The lowest BCUT2D eigenvalue weighted by molar-refractivity contribution is -0.929. The van der Waals surface area contributed by atoms with E-state index in [4.69, 9.17) is 5.10 Å². The van der Waals surface area contributed by atoms with Crippen molar-refractivity contribution in [3.63, 3.8) is 0 Å². The highest BCUT2D eigenvalue weighted by molar-refractivity contribution is 9.10. The molecule has 3 aromatic carbocycles. The van der Waals surface area contributed by atoms with Crippen molar-refractivity contribution in [3.05, 3.63) is 94.0 Å². The molecule has 0 saturated carbocycles. The average molecular weight is 433 g/mol. The number of hydrogen-bond acceptors (Lipinski definition) is 2. The van der Waals surface area contributed by atoms with Gasteiger partial charge >= 0.3 is 0 Å². The molecule has 0 spiro atoms. The van der Waals surface area contributed by atoms with E-state index in [0.717, 1.165) is 36.2 Å². The van der Waals surface area contributed by atoms with Crippen molar-refractivity contribution < 1.29 is 4.90 Å². The van der Waals surface area contributed by atoms with Crippen LogP contribution in [0.15, 0.2) is 82.4 Å². The van der Waals surface area contributed by atoms with Crippen LogP contribution in [0.2, 0.25) is 0 Å². The Bertz CT molecular complexity index is 976. The third-order valence-electron chi connectivity index (χ3n) is 5.89. The smallest absolute Gasteiger partial charge is 0.140 e. The van der Waals surface area contributed by atoms with E-state index >= 15 is 0 Å². The van der Waals surface area contributed by atoms with Gasteiger partial charge in [-0.15, -0.1) is 0 Å². The van der Waals surface area contributed by atoms with Gasteiger partial charge in [0, 0.05) is 21.2 Å². The molecule has 1 saturated heterocycles. The van der Waals surface area contributed by atoms with Crippen LogP contribution in [0.3, 0.4) is 0 Å². The monoisotopic (exact) mass is 432 g/mol. The van der Waals surface area contributed by atoms with E-state index in [1.54, 1.807) is 4.90 Å². The molecule has 1 heterocycles. The number of nitrogens with one attached hydrogen (secondary N) is 1. The van der Waals surface area contributed by atoms with Gasteiger partial charge in [0.15, 0.2) is 0 Å². The van der Waals surface area contributed by atoms with Crippen molar-refractivity contribution in [2.24, 2.45) is 5.10 Å². The van der Waals surface area contributed by atoms with E-state index in [1.165, 1.54) is 22.3 Å². The van der Waals surface area contributed by atoms with Gasteiger partial charge in [-0.2, -0.15) is 5.10 Å². The Balaban J connectivity index is 1.33. The van der Waals surface area contributed by atoms with Crippen LogP contribution in [-0.2, 0) is 0 Å². The molecule has 0 radical (unpaired) electrons. The highest BCUT2D eigenvalue weighted by Crippen LogP contribution is 2.41. The molecule has 0 unspecified atom stereocenters. The third kappa shape index (κ3) is 3.17. The van der Waals surface area contributed by atoms with E-state index in [9.17, 15) is 0 Å². The fraction of sp³-hybridized carbons (Fsp3) is 0.208. The van der Waals surface area contributed by atoms with E-state index in [-0.39, 0.29) is 0 Å². The van der Waals surface area contributed by atoms with Gasteiger partial charge in [0.25, 0.3) is 0 Å². The molecular weight excluding hydrogens is 410 g/mol. The molecule has 0 aromatic heterocycles. The highest BCUT2D eigenvalue weighted by Gasteiger charge is 2.37. The summed E-state index contributed by atoms with van der Waals surface area (Å²) in [4.78, 5) is 1.64. The standard InChI is InChI=1S/C24H22BrN3/c25-23-12-6-1-7-18(23)17-26-28-15-13-27(14-16-28)24-21-10-4-2-8-19(21)20-9-3-5-11-22(20)24/h1-12,17,24H,13-16H2/p+1/b26-17-. The zero-order valence-electron chi connectivity index (χ0n) is 15.7. The summed E-state index contributed by atoms with van der Waals surface area (Å²) in [6.45, 7) is 4.16. The Morgan fingerprint density at radius 3 is 2.04 bits per heavy atom. The fourth-order valence-electron chi connectivity index (χ4n) is 4.51. The minimum absolute atomic E-state index is 0.446. The number of hydrazone groups is 1. The van der Waals surface area contributed by atoms with E-state index in [2.05, 4.69) is 81.6 Å². The minimum Gasteiger partial charge on any atom is -0.322 e. The van der Waals surface area contributed by atoms with E-state index in [1.807, 2.05) is 18.3 Å². The number of quaternary nitrogens is 1. The first-order valence-corrected chi connectivity index (χ1v) is 10.7. The second-order valence-electron chi connectivity index (χ2n) is 7.49. The minimum atomic E-state index is 0.446. The first kappa shape index (κ1) is 17.7. The number of piperazine rings is 1. The lowest BCUT2D eigenvalue weighted by Gasteiger charge is -2.34. The number of hydrogen-bond donors (Lipinski definition) is 1. The lowest BCUT2D eigenvalue weighted by Crippen LogP contribution is -3.14. The summed E-state index contributed by atoms with van der Waals surface area (Å²) in [5, 5.41) is 6.93. The summed E-state index contributed by atoms with van der Waals surface area (Å²) in [5.74, 6) is 0. The Morgan fingerprint density at radius 2 is 1.39 bits per heavy atom. The average Bonchev–Trinajstić information content (AvgIpc) is 3.08. The van der Waals surface area contributed by atoms with Gasteiger partial charge in [-0.25, -0.2) is 0 Å². The van der Waals surface area contributed by atoms with Crippen LogP contribution in [0.4, 0.5) is 0 Å². The maximum absolute atomic E-state index is 4.73. The second-order valence-corrected chi connectivity index (χ2v) is 8.34. The summed E-state index contributed by atoms with van der Waals surface area (Å²) < 4.78 is 1.09. The second kappa shape index (κ2) is 7.53. The number of rotatable bonds is 3. The molecule has 0 atom stereocenters. The summed E-state index contributed by atoms with van der Waals surface area (Å²) in [6, 6.07) is 26.5. The van der Waals surface area contributed by atoms with Crippen LogP contribution in [0, 0.1) is 0 Å². The van der Waals surface area contributed by atoms with Crippen LogP contribution in [-0.4, -0.2) is 37.4 Å². The largest absolute Gasteiger partial charge is 0.322 e. The van der Waals surface area contributed by atoms with Crippen molar-refractivity contribution in [2.75, 3.05) is 26.2 Å². The van der Waals surface area contributed by atoms with Gasteiger partial charge in [0.05, 0.1) is 32.4 Å². The molecule has 4 heteroatoms. The highest BCUT2D eigenvalue weighted by atomic mass is 79.9. The van der Waals surface area contributed by atoms with Crippen molar-refractivity contribution in [1.82, 2.24) is 5.01 Å². The van der Waals surface area contributed by atoms with Gasteiger partial charge in [0.2, 0.25) is 0 Å². The van der Waals surface area contributed by atoms with Crippen molar-refractivity contribution >= 4 is 22.1 Å². The van der Waals surface area contributed by atoms with Gasteiger partial charge in [-0.05, 0) is 17.2 Å². The maximum Gasteiger partial charge on any atom is 0.140 e. The Morgan fingerprint density at radius 1 is 0.821 bits per heavy atom. The topological polar surface area (TPSA) is 20.0 Å². The lowest BCUT2D eigenvalue weighted by atomic mass is 10.0. The molecule has 1 aliphatic heterocycles. The molecule has 140 valence electrons. The number of fused-ring (bicyclic) bond motifs is 3. The van der Waals surface area contributed by atoms with Crippen LogP contribution in [0.25, 0.3) is 11.1 Å². The molecule has 5 rings (SSSR count). The molecule has 1 aliphatic carbocycles. The van der Waals surface area contributed by atoms with Crippen LogP contribution >= 0.6 is 15.9 Å². The summed E-state index contributed by atoms with van der Waals surface area (Å²) in [7, 11) is 0. The molecule has 0 bridgehead atoms. The molecule has 1 N–H and O–H groups in total. The predicted octanol–water partition coefficient (Wildman–Crippen LogP) is 3.75. The number of nitrogens with zero attached hydrogens (tertiary/aromatic N) is 2. The molecular formula is C24H23BrN3+. The Kier molecular flexibility index (Phi) is 4.75. The summed E-state index contributed by atoms with van der Waals surface area (Å²) in [5.41, 5.74) is 6.89. The molecule has 0 amide bonds. The van der Waals surface area contributed by atoms with E-state index in [0.29, 0.717) is 6.04 Å². The van der Waals surface area contributed by atoms with Gasteiger partial charge in [0.1, 0.15) is 6.04 Å². The zero-order valence-corrected chi connectivity index (χ0v) is 17.3. The van der Waals surface area contributed by atoms with Crippen LogP contribution < -0.4 is 4.90 Å². The summed E-state index contributed by atoms with van der Waals surface area (Å²) >= 11 is 3.59. The fourth-order valence-corrected chi connectivity index (χ4v) is 4.89. The molecule has 3 nitrogen and oxygen atoms in total. The van der Waals surface area contributed by atoms with Crippen molar-refractivity contribution in [3.8, 4) is 11.1 Å². The van der Waals surface area contributed by atoms with Crippen molar-refractivity contribution in [1.29, 1.82) is 0 Å². The Labute approximate surface area is 174 Å². The van der Waals surface area contributed by atoms with Crippen LogP contribution in [0.5, 0.6) is 0 Å². The van der Waals surface area contributed by atoms with Crippen LogP contribution in [0.1, 0.15) is 22.7 Å². The molecule has 3 aromatic rings. The predicted molar refractivity (Wildman–Crippen MR) is 118 cm³/mol. The quantitative estimate of drug-likeness (QED) is 0.624. The number of benzene rings is 3. The molecule has 2 aliphatic rings. The number of halogens is 1. The van der Waals surface area contributed by atoms with E-state index < -0.39 is 0 Å². The van der Waals surface area contributed by atoms with Gasteiger partial charge in [-0.1, -0.05) is 82.7 Å². The Hall–Kier alpha value is -2.43.